The van der Waals surface area contributed by atoms with Crippen molar-refractivity contribution >= 4 is 11.3 Å². The Bertz CT molecular complexity index is 1330. The van der Waals surface area contributed by atoms with Crippen molar-refractivity contribution < 1.29 is 18.6 Å². The van der Waals surface area contributed by atoms with Gasteiger partial charge in [-0.15, -0.1) is 11.3 Å². The van der Waals surface area contributed by atoms with Gasteiger partial charge in [-0.1, -0.05) is 300 Å². The van der Waals surface area contributed by atoms with Gasteiger partial charge in [-0.2, -0.15) is 0 Å². The molecule has 3 aliphatic carbocycles. The minimum Gasteiger partial charge on any atom is -0.473 e. The van der Waals surface area contributed by atoms with Crippen molar-refractivity contribution in [2.45, 2.75) is 304 Å². The molecule has 0 radical (unpaired) electrons. The molecule has 93 heavy (non-hydrogen) atoms. The van der Waals surface area contributed by atoms with E-state index in [0.717, 1.165) is 95.1 Å². The van der Waals surface area contributed by atoms with Crippen LogP contribution in [-0.4, -0.2) is 103 Å². The van der Waals surface area contributed by atoms with Crippen LogP contribution in [0.15, 0.2) is 101 Å². The van der Waals surface area contributed by atoms with Crippen LogP contribution in [0, 0.1) is 42.9 Å². The van der Waals surface area contributed by atoms with Crippen molar-refractivity contribution in [2.75, 3.05) is 93.0 Å². The molecule has 11 rings (SSSR count). The van der Waals surface area contributed by atoms with Crippen LogP contribution in [-0.2, 0) is 14.2 Å². The second-order valence-corrected chi connectivity index (χ2v) is 23.8. The number of hydrogen-bond acceptors (Lipinski definition) is 11. The lowest BCUT2D eigenvalue weighted by molar-refractivity contribution is 0.0968. The molecule has 11 heteroatoms. The molecule has 4 aliphatic heterocycles. The normalized spacial score (nSPS) is 14.5. The molecule has 4 N–H and O–H groups in total. The summed E-state index contributed by atoms with van der Waals surface area (Å²) in [6, 6.07) is 19.8. The summed E-state index contributed by atoms with van der Waals surface area (Å²) in [6.07, 6.45) is 31.0. The smallest absolute Gasteiger partial charge is 0.0902 e. The SMILES string of the molecule is C.C.C1CCNCC1.C1CCOCC1.C1CNCCN1.C1COCCN1.CC.CC.CC.CC.CC.CC.CC(C)(C)C.CC(C)C.CC1CC1.CC1CCCCC1.CCC.CCC1CC1.COC.Cc1ccccc1.Cc1ccccn1.c1ccoc1.c1cscn1. The second kappa shape index (κ2) is 116. The molecule has 0 bridgehead atoms. The van der Waals surface area contributed by atoms with Crippen molar-refractivity contribution in [3.05, 3.63) is 108 Å². The zero-order valence-corrected chi connectivity index (χ0v) is 67.3. The highest BCUT2D eigenvalue weighted by Gasteiger charge is 2.17. The highest BCUT2D eigenvalue weighted by molar-refractivity contribution is 7.07. The number of furan rings is 1. The first-order valence-electron chi connectivity index (χ1n) is 37.1. The fourth-order valence-corrected chi connectivity index (χ4v) is 6.34. The van der Waals surface area contributed by atoms with Gasteiger partial charge >= 0.3 is 0 Å². The predicted molar refractivity (Wildman–Crippen MR) is 432 cm³/mol. The van der Waals surface area contributed by atoms with E-state index in [9.17, 15) is 0 Å². The van der Waals surface area contributed by atoms with Gasteiger partial charge in [0.1, 0.15) is 0 Å². The molecule has 4 aromatic rings. The van der Waals surface area contributed by atoms with Crippen LogP contribution < -0.4 is 21.3 Å². The Balaban J connectivity index is -0.0000000749. The van der Waals surface area contributed by atoms with Crippen molar-refractivity contribution in [1.82, 2.24) is 31.2 Å². The third kappa shape index (κ3) is 170. The van der Waals surface area contributed by atoms with Crippen molar-refractivity contribution in [2.24, 2.45) is 29.1 Å². The molecule has 0 amide bonds. The number of nitrogens with one attached hydrogen (secondary N) is 4. The maximum absolute atomic E-state index is 5.07. The summed E-state index contributed by atoms with van der Waals surface area (Å²) in [7, 11) is 3.25. The van der Waals surface area contributed by atoms with Gasteiger partial charge in [0.2, 0.25) is 0 Å². The van der Waals surface area contributed by atoms with E-state index in [1.807, 2.05) is 144 Å². The average molecular weight is 1340 g/mol. The van der Waals surface area contributed by atoms with E-state index in [0.29, 0.717) is 5.41 Å². The van der Waals surface area contributed by atoms with Crippen LogP contribution in [0.3, 0.4) is 0 Å². The highest BCUT2D eigenvalue weighted by atomic mass is 32.1. The zero-order valence-electron chi connectivity index (χ0n) is 66.5. The Morgan fingerprint density at radius 3 is 0.989 bits per heavy atom. The number of pyridine rings is 1. The monoisotopic (exact) mass is 1340 g/mol. The number of thiazole rings is 1. The summed E-state index contributed by atoms with van der Waals surface area (Å²) in [6.45, 7) is 67.3. The van der Waals surface area contributed by atoms with E-state index in [1.165, 1.54) is 128 Å². The topological polar surface area (TPSA) is 115 Å². The third-order valence-corrected chi connectivity index (χ3v) is 11.2. The number of piperazine rings is 1. The number of benzene rings is 1. The van der Waals surface area contributed by atoms with Gasteiger partial charge in [0.05, 0.1) is 31.3 Å². The number of aryl methyl sites for hydroxylation is 2. The molecule has 0 unspecified atom stereocenters. The molecule has 0 spiro atoms. The molecular weight excluding hydrogens is 1170 g/mol. The van der Waals surface area contributed by atoms with Crippen molar-refractivity contribution in [1.29, 1.82) is 0 Å². The molecule has 10 nitrogen and oxygen atoms in total. The summed E-state index contributed by atoms with van der Waals surface area (Å²) in [4.78, 5) is 7.72. The summed E-state index contributed by atoms with van der Waals surface area (Å²) < 4.78 is 18.9. The van der Waals surface area contributed by atoms with E-state index in [-0.39, 0.29) is 14.9 Å². The van der Waals surface area contributed by atoms with Gasteiger partial charge in [-0.05, 0) is 112 Å². The summed E-state index contributed by atoms with van der Waals surface area (Å²) in [5.74, 6) is 4.09. The van der Waals surface area contributed by atoms with Crippen LogP contribution >= 0.6 is 11.3 Å². The maximum atomic E-state index is 5.07. The van der Waals surface area contributed by atoms with E-state index in [4.69, 9.17) is 9.47 Å². The number of methoxy groups -OCH3 is 1. The van der Waals surface area contributed by atoms with Crippen LogP contribution in [0.1, 0.15) is 301 Å². The number of ether oxygens (including phenoxy) is 3. The number of aromatic nitrogens is 2. The number of hydrogen-bond donors (Lipinski definition) is 4. The number of rotatable bonds is 1. The Labute approximate surface area is 591 Å². The summed E-state index contributed by atoms with van der Waals surface area (Å²) in [5.41, 5.74) is 4.69. The lowest BCUT2D eigenvalue weighted by atomic mass is 9.91. The van der Waals surface area contributed by atoms with Gasteiger partial charge in [0.15, 0.2) is 0 Å². The van der Waals surface area contributed by atoms with E-state index >= 15 is 0 Å². The summed E-state index contributed by atoms with van der Waals surface area (Å²) in [5, 5.41) is 14.8. The van der Waals surface area contributed by atoms with Gasteiger partial charge in [0, 0.05) is 90.2 Å². The minimum atomic E-state index is 0. The summed E-state index contributed by atoms with van der Waals surface area (Å²) >= 11 is 1.60. The quantitative estimate of drug-likeness (QED) is 0.147. The Hall–Kier alpha value is -3.00. The fourth-order valence-electron chi connectivity index (χ4n) is 5.99. The van der Waals surface area contributed by atoms with Gasteiger partial charge in [-0.25, -0.2) is 0 Å². The van der Waals surface area contributed by atoms with Crippen molar-refractivity contribution in [3.63, 3.8) is 0 Å². The molecule has 0 atom stereocenters. The number of nitrogens with zero attached hydrogens (tertiary/aromatic N) is 2. The van der Waals surface area contributed by atoms with Crippen LogP contribution in [0.25, 0.3) is 0 Å². The highest BCUT2D eigenvalue weighted by Crippen LogP contribution is 2.31. The standard InChI is InChI=1S/C7H14.C7H8.C6H7N.C5H11N.C5H10O.C5H10.C5H12.C4H10N2.C4H9NO.C4H4O.C4H8.C4H10.C3H3NS.C3H8.C2H6O.6C2H6.2CH4/c2*1-7-5-3-2-4-6-7;1-6-4-2-3-5-7-6;2*1-2-4-6-5-3-1;1-2-5-3-4-5;1-5(2,3)4;1-2-6-4-3-5-1;1-3-6-4-2-5-1;1-2-4-5-3-1;1-4-2-3-4;1-4(2)3;1-2-5-3-4-1;2*1-3-2;6*1-2;;/h7H,2-6H2,1H3;2-6H,1H3;2-5H,1H3;6H,1-5H2;1-5H2;5H,2-4H2,1H3;1-4H3;5-6H,1-4H2;5H,1-4H2;1-4H;4H,2-3H2,1H3;4H,1-3H3;1-3H;3H2,1-2H3;1-2H3;6*1-2H3;2*1H4. The number of piperidine rings is 1. The molecule has 7 fully saturated rings. The van der Waals surface area contributed by atoms with Gasteiger partial charge in [-0.3, -0.25) is 9.97 Å². The van der Waals surface area contributed by atoms with Gasteiger partial charge in [0.25, 0.3) is 0 Å². The average Bonchev–Trinajstić information content (AvgIpc) is 4.58. The lowest BCUT2D eigenvalue weighted by Gasteiger charge is -2.15. The molecule has 562 valence electrons. The fraction of sp³-hybridized carbons (Fsp3) is 0.780. The first-order valence-corrected chi connectivity index (χ1v) is 38.1. The molecule has 4 saturated heterocycles. The van der Waals surface area contributed by atoms with Gasteiger partial charge < -0.3 is 39.9 Å². The van der Waals surface area contributed by atoms with E-state index in [2.05, 4.69) is 143 Å². The van der Waals surface area contributed by atoms with E-state index < -0.39 is 0 Å². The number of morpholine rings is 1. The third-order valence-electron chi connectivity index (χ3n) is 10.6. The molecule has 3 saturated carbocycles. The Kier molecular flexibility index (Phi) is 146. The Morgan fingerprint density at radius 2 is 0.860 bits per heavy atom. The van der Waals surface area contributed by atoms with Crippen LogP contribution in [0.5, 0.6) is 0 Å². The second-order valence-electron chi connectivity index (χ2n) is 23.1. The van der Waals surface area contributed by atoms with Crippen molar-refractivity contribution in [3.8, 4) is 0 Å². The maximum Gasteiger partial charge on any atom is 0.0902 e. The molecule has 7 heterocycles. The molecule has 1 aromatic carbocycles. The Morgan fingerprint density at radius 1 is 0.495 bits per heavy atom. The van der Waals surface area contributed by atoms with Crippen LogP contribution in [0.4, 0.5) is 0 Å². The van der Waals surface area contributed by atoms with E-state index in [1.54, 1.807) is 56.0 Å². The predicted octanol–water partition coefficient (Wildman–Crippen LogP) is 25.2. The zero-order chi connectivity index (χ0) is 71.6. The molecule has 7 aliphatic rings. The largest absolute Gasteiger partial charge is 0.473 e. The lowest BCUT2D eigenvalue weighted by Crippen LogP contribution is -2.39. The first kappa shape index (κ1) is 117. The molecular formula is C82H174N6O4S. The van der Waals surface area contributed by atoms with Crippen LogP contribution in [0.2, 0.25) is 0 Å². The molecule has 3 aromatic heterocycles. The minimum absolute atomic E-state index is 0. The first-order chi connectivity index (χ1) is 44.1.